The first-order chi connectivity index (χ1) is 9.52. The van der Waals surface area contributed by atoms with Gasteiger partial charge in [-0.1, -0.05) is 36.4 Å². The van der Waals surface area contributed by atoms with Crippen LogP contribution < -0.4 is 5.32 Å². The van der Waals surface area contributed by atoms with Crippen molar-refractivity contribution in [2.24, 2.45) is 0 Å². The van der Waals surface area contributed by atoms with Gasteiger partial charge in [0.2, 0.25) is 5.91 Å². The van der Waals surface area contributed by atoms with Crippen molar-refractivity contribution in [3.63, 3.8) is 0 Å². The van der Waals surface area contributed by atoms with Crippen LogP contribution in [0.2, 0.25) is 0 Å². The van der Waals surface area contributed by atoms with Crippen LogP contribution in [0.4, 0.5) is 0 Å². The molecule has 1 rings (SSSR count). The highest BCUT2D eigenvalue weighted by Crippen LogP contribution is 2.10. The molecule has 5 nitrogen and oxygen atoms in total. The second-order valence-electron chi connectivity index (χ2n) is 4.55. The maximum atomic E-state index is 11.9. The van der Waals surface area contributed by atoms with E-state index >= 15 is 0 Å². The number of aliphatic carboxylic acids is 1. The molecule has 1 aromatic rings. The van der Waals surface area contributed by atoms with Crippen LogP contribution in [-0.4, -0.2) is 41.5 Å². The Bertz CT molecular complexity index is 459. The van der Waals surface area contributed by atoms with Gasteiger partial charge in [-0.2, -0.15) is 0 Å². The van der Waals surface area contributed by atoms with Gasteiger partial charge in [0.25, 0.3) is 0 Å². The number of amides is 1. The molecule has 1 amide bonds. The summed E-state index contributed by atoms with van der Waals surface area (Å²) < 4.78 is 0. The number of carbonyl (C=O) groups is 2. The molecule has 0 bridgehead atoms. The van der Waals surface area contributed by atoms with E-state index in [4.69, 9.17) is 5.11 Å². The summed E-state index contributed by atoms with van der Waals surface area (Å²) in [4.78, 5) is 24.1. The molecule has 1 aromatic carbocycles. The summed E-state index contributed by atoms with van der Waals surface area (Å²) in [5, 5.41) is 11.6. The summed E-state index contributed by atoms with van der Waals surface area (Å²) >= 11 is 0. The zero-order valence-electron chi connectivity index (χ0n) is 11.6. The molecular weight excluding hydrogens is 256 g/mol. The summed E-state index contributed by atoms with van der Waals surface area (Å²) in [6, 6.07) is 9.49. The predicted molar refractivity (Wildman–Crippen MR) is 77.3 cm³/mol. The molecule has 0 saturated heterocycles. The van der Waals surface area contributed by atoms with Crippen LogP contribution in [0, 0.1) is 0 Å². The Kier molecular flexibility index (Phi) is 6.46. The lowest BCUT2D eigenvalue weighted by Gasteiger charge is -2.20. The van der Waals surface area contributed by atoms with E-state index in [1.807, 2.05) is 37.3 Å². The molecule has 0 aromatic heterocycles. The van der Waals surface area contributed by atoms with Gasteiger partial charge in [-0.3, -0.25) is 14.5 Å². The monoisotopic (exact) mass is 276 g/mol. The van der Waals surface area contributed by atoms with Crippen LogP contribution in [-0.2, 0) is 9.59 Å². The van der Waals surface area contributed by atoms with Gasteiger partial charge in [0.1, 0.15) is 0 Å². The molecule has 1 atom stereocenters. The molecule has 0 radical (unpaired) electrons. The topological polar surface area (TPSA) is 69.6 Å². The Morgan fingerprint density at radius 2 is 2.00 bits per heavy atom. The minimum absolute atomic E-state index is 0.0372. The van der Waals surface area contributed by atoms with Crippen LogP contribution in [0.15, 0.2) is 43.0 Å². The lowest BCUT2D eigenvalue weighted by Crippen LogP contribution is -2.40. The molecule has 0 aliphatic carbocycles. The Morgan fingerprint density at radius 3 is 2.55 bits per heavy atom. The number of nitrogens with one attached hydrogen (secondary N) is 1. The van der Waals surface area contributed by atoms with Crippen molar-refractivity contribution in [1.29, 1.82) is 0 Å². The van der Waals surface area contributed by atoms with Crippen LogP contribution in [0.1, 0.15) is 18.5 Å². The van der Waals surface area contributed by atoms with Gasteiger partial charge in [0, 0.05) is 6.54 Å². The van der Waals surface area contributed by atoms with Crippen molar-refractivity contribution in [2.75, 3.05) is 19.6 Å². The van der Waals surface area contributed by atoms with Crippen molar-refractivity contribution in [3.05, 3.63) is 48.6 Å². The lowest BCUT2D eigenvalue weighted by atomic mass is 10.1. The summed E-state index contributed by atoms with van der Waals surface area (Å²) in [6.07, 6.45) is 1.58. The van der Waals surface area contributed by atoms with E-state index in [2.05, 4.69) is 11.9 Å². The third-order valence-corrected chi connectivity index (χ3v) is 2.79. The summed E-state index contributed by atoms with van der Waals surface area (Å²) in [7, 11) is 0. The first kappa shape index (κ1) is 15.9. The smallest absolute Gasteiger partial charge is 0.317 e. The minimum atomic E-state index is -0.962. The van der Waals surface area contributed by atoms with Gasteiger partial charge in [0.15, 0.2) is 0 Å². The van der Waals surface area contributed by atoms with Gasteiger partial charge < -0.3 is 10.4 Å². The molecule has 0 aliphatic heterocycles. The van der Waals surface area contributed by atoms with E-state index in [0.717, 1.165) is 5.56 Å². The highest BCUT2D eigenvalue weighted by Gasteiger charge is 2.14. The third-order valence-electron chi connectivity index (χ3n) is 2.79. The molecule has 1 unspecified atom stereocenters. The molecule has 108 valence electrons. The fourth-order valence-corrected chi connectivity index (χ4v) is 1.87. The Morgan fingerprint density at radius 1 is 1.35 bits per heavy atom. The van der Waals surface area contributed by atoms with E-state index in [1.165, 1.54) is 4.90 Å². The summed E-state index contributed by atoms with van der Waals surface area (Å²) in [6.45, 7) is 5.66. The predicted octanol–water partition coefficient (Wildman–Crippen LogP) is 1.44. The average molecular weight is 276 g/mol. The van der Waals surface area contributed by atoms with Gasteiger partial charge >= 0.3 is 5.97 Å². The van der Waals surface area contributed by atoms with E-state index in [9.17, 15) is 9.59 Å². The number of rotatable bonds is 8. The molecule has 5 heteroatoms. The van der Waals surface area contributed by atoms with E-state index in [1.54, 1.807) is 6.08 Å². The zero-order chi connectivity index (χ0) is 15.0. The number of carbonyl (C=O) groups excluding carboxylic acids is 1. The first-order valence-electron chi connectivity index (χ1n) is 6.42. The normalized spacial score (nSPS) is 11.9. The fourth-order valence-electron chi connectivity index (χ4n) is 1.87. The standard InChI is InChI=1S/C15H20N2O3/c1-3-9-17(11-15(19)20)10-14(18)16-12(2)13-7-5-4-6-8-13/h3-8,12H,1,9-11H2,2H3,(H,16,18)(H,19,20). The second-order valence-corrected chi connectivity index (χ2v) is 4.55. The first-order valence-corrected chi connectivity index (χ1v) is 6.42. The number of carboxylic acid groups (broad SMARTS) is 1. The zero-order valence-corrected chi connectivity index (χ0v) is 11.6. The Balaban J connectivity index is 2.52. The van der Waals surface area contributed by atoms with Crippen molar-refractivity contribution < 1.29 is 14.7 Å². The molecule has 0 saturated carbocycles. The quantitative estimate of drug-likeness (QED) is 0.705. The van der Waals surface area contributed by atoms with Gasteiger partial charge in [-0.15, -0.1) is 6.58 Å². The van der Waals surface area contributed by atoms with E-state index in [0.29, 0.717) is 6.54 Å². The van der Waals surface area contributed by atoms with Crippen molar-refractivity contribution >= 4 is 11.9 Å². The van der Waals surface area contributed by atoms with Crippen molar-refractivity contribution in [3.8, 4) is 0 Å². The number of carboxylic acids is 1. The average Bonchev–Trinajstić information content (AvgIpc) is 2.39. The maximum Gasteiger partial charge on any atom is 0.317 e. The molecule has 0 spiro atoms. The highest BCUT2D eigenvalue weighted by molar-refractivity contribution is 5.79. The van der Waals surface area contributed by atoms with Gasteiger partial charge in [-0.25, -0.2) is 0 Å². The number of hydrogen-bond acceptors (Lipinski definition) is 3. The Hall–Kier alpha value is -2.14. The van der Waals surface area contributed by atoms with E-state index < -0.39 is 5.97 Å². The lowest BCUT2D eigenvalue weighted by molar-refractivity contribution is -0.138. The SMILES string of the molecule is C=CCN(CC(=O)O)CC(=O)NC(C)c1ccccc1. The fraction of sp³-hybridized carbons (Fsp3) is 0.333. The molecule has 0 aliphatic rings. The molecule has 20 heavy (non-hydrogen) atoms. The van der Waals surface area contributed by atoms with Crippen LogP contribution >= 0.6 is 0 Å². The highest BCUT2D eigenvalue weighted by atomic mass is 16.4. The largest absolute Gasteiger partial charge is 0.480 e. The number of hydrogen-bond donors (Lipinski definition) is 2. The molecular formula is C15H20N2O3. The maximum absolute atomic E-state index is 11.9. The van der Waals surface area contributed by atoms with Crippen molar-refractivity contribution in [1.82, 2.24) is 10.2 Å². The Labute approximate surface area is 118 Å². The van der Waals surface area contributed by atoms with E-state index in [-0.39, 0.29) is 25.0 Å². The third kappa shape index (κ3) is 5.67. The molecule has 0 fully saturated rings. The molecule has 0 heterocycles. The van der Waals surface area contributed by atoms with Crippen LogP contribution in [0.3, 0.4) is 0 Å². The summed E-state index contributed by atoms with van der Waals surface area (Å²) in [5.74, 6) is -1.17. The van der Waals surface area contributed by atoms with Crippen LogP contribution in [0.5, 0.6) is 0 Å². The number of benzene rings is 1. The van der Waals surface area contributed by atoms with Crippen molar-refractivity contribution in [2.45, 2.75) is 13.0 Å². The van der Waals surface area contributed by atoms with Crippen LogP contribution in [0.25, 0.3) is 0 Å². The van der Waals surface area contributed by atoms with Gasteiger partial charge in [0.05, 0.1) is 19.1 Å². The van der Waals surface area contributed by atoms with Gasteiger partial charge in [-0.05, 0) is 12.5 Å². The number of nitrogens with zero attached hydrogens (tertiary/aromatic N) is 1. The summed E-state index contributed by atoms with van der Waals surface area (Å²) in [5.41, 5.74) is 1.01. The molecule has 2 N–H and O–H groups in total. The minimum Gasteiger partial charge on any atom is -0.480 e. The second kappa shape index (κ2) is 8.12.